The van der Waals surface area contributed by atoms with Crippen LogP contribution in [0.15, 0.2) is 24.3 Å². The first-order chi connectivity index (χ1) is 10.3. The van der Waals surface area contributed by atoms with Crippen LogP contribution in [0.25, 0.3) is 0 Å². The zero-order chi connectivity index (χ0) is 15.3. The standard InChI is InChI=1S/C17H28ClNO2/c1-3-9-19-14-16(7-5-10-21-12-11-20-2)15-6-4-8-17(18)13-15/h4,6,8,13,16,19H,3,5,7,9-12,14H2,1-2H3. The summed E-state index contributed by atoms with van der Waals surface area (Å²) in [5.74, 6) is 0.487. The molecule has 1 aromatic rings. The Balaban J connectivity index is 2.41. The van der Waals surface area contributed by atoms with Gasteiger partial charge >= 0.3 is 0 Å². The Kier molecular flexibility index (Phi) is 10.5. The van der Waals surface area contributed by atoms with Gasteiger partial charge in [-0.1, -0.05) is 30.7 Å². The maximum absolute atomic E-state index is 6.11. The number of hydrogen-bond donors (Lipinski definition) is 1. The fourth-order valence-corrected chi connectivity index (χ4v) is 2.48. The molecular formula is C17H28ClNO2. The summed E-state index contributed by atoms with van der Waals surface area (Å²) in [7, 11) is 1.69. The van der Waals surface area contributed by atoms with Crippen molar-refractivity contribution in [3.05, 3.63) is 34.9 Å². The second-order valence-corrected chi connectivity index (χ2v) is 5.64. The number of hydrogen-bond acceptors (Lipinski definition) is 3. The van der Waals surface area contributed by atoms with Crippen LogP contribution in [0, 0.1) is 0 Å². The van der Waals surface area contributed by atoms with Crippen molar-refractivity contribution in [2.75, 3.05) is 40.0 Å². The van der Waals surface area contributed by atoms with Crippen molar-refractivity contribution in [1.82, 2.24) is 5.32 Å². The summed E-state index contributed by atoms with van der Waals surface area (Å²) < 4.78 is 10.5. The van der Waals surface area contributed by atoms with Crippen molar-refractivity contribution in [2.24, 2.45) is 0 Å². The van der Waals surface area contributed by atoms with Gasteiger partial charge in [0.05, 0.1) is 13.2 Å². The zero-order valence-corrected chi connectivity index (χ0v) is 14.0. The summed E-state index contributed by atoms with van der Waals surface area (Å²) in [5.41, 5.74) is 1.31. The van der Waals surface area contributed by atoms with Crippen LogP contribution < -0.4 is 5.32 Å². The number of methoxy groups -OCH3 is 1. The van der Waals surface area contributed by atoms with Gasteiger partial charge in [-0.25, -0.2) is 0 Å². The van der Waals surface area contributed by atoms with Gasteiger partial charge < -0.3 is 14.8 Å². The maximum Gasteiger partial charge on any atom is 0.0700 e. The molecule has 1 N–H and O–H groups in total. The third-order valence-corrected chi connectivity index (χ3v) is 3.65. The van der Waals surface area contributed by atoms with E-state index in [0.29, 0.717) is 19.1 Å². The van der Waals surface area contributed by atoms with Crippen molar-refractivity contribution in [2.45, 2.75) is 32.1 Å². The van der Waals surface area contributed by atoms with Gasteiger partial charge in [0.2, 0.25) is 0 Å². The van der Waals surface area contributed by atoms with Gasteiger partial charge in [0.15, 0.2) is 0 Å². The molecule has 0 heterocycles. The van der Waals surface area contributed by atoms with Crippen LogP contribution in [0.1, 0.15) is 37.7 Å². The van der Waals surface area contributed by atoms with Gasteiger partial charge in [-0.3, -0.25) is 0 Å². The summed E-state index contributed by atoms with van der Waals surface area (Å²) in [4.78, 5) is 0. The van der Waals surface area contributed by atoms with E-state index in [9.17, 15) is 0 Å². The van der Waals surface area contributed by atoms with Gasteiger partial charge in [-0.2, -0.15) is 0 Å². The minimum absolute atomic E-state index is 0.487. The average molecular weight is 314 g/mol. The first kappa shape index (κ1) is 18.4. The monoisotopic (exact) mass is 313 g/mol. The highest BCUT2D eigenvalue weighted by Gasteiger charge is 2.11. The number of benzene rings is 1. The average Bonchev–Trinajstić information content (AvgIpc) is 2.49. The number of rotatable bonds is 12. The summed E-state index contributed by atoms with van der Waals surface area (Å²) in [6, 6.07) is 8.19. The quantitative estimate of drug-likeness (QED) is 0.594. The molecule has 0 amide bonds. The number of halogens is 1. The van der Waals surface area contributed by atoms with Crippen molar-refractivity contribution in [3.63, 3.8) is 0 Å². The molecule has 0 bridgehead atoms. The Hall–Kier alpha value is -0.610. The molecule has 120 valence electrons. The predicted molar refractivity (Wildman–Crippen MR) is 89.3 cm³/mol. The Bertz CT molecular complexity index is 374. The first-order valence-corrected chi connectivity index (χ1v) is 8.18. The lowest BCUT2D eigenvalue weighted by Gasteiger charge is -2.18. The van der Waals surface area contributed by atoms with E-state index in [4.69, 9.17) is 21.1 Å². The largest absolute Gasteiger partial charge is 0.382 e. The van der Waals surface area contributed by atoms with Gasteiger partial charge in [0.25, 0.3) is 0 Å². The molecule has 0 aliphatic rings. The maximum atomic E-state index is 6.11. The molecule has 0 saturated heterocycles. The van der Waals surface area contributed by atoms with Crippen LogP contribution in [0.4, 0.5) is 0 Å². The Morgan fingerprint density at radius 3 is 2.81 bits per heavy atom. The lowest BCUT2D eigenvalue weighted by molar-refractivity contribution is 0.0681. The van der Waals surface area contributed by atoms with Crippen LogP contribution in [-0.2, 0) is 9.47 Å². The second-order valence-electron chi connectivity index (χ2n) is 5.20. The highest BCUT2D eigenvalue weighted by atomic mass is 35.5. The fraction of sp³-hybridized carbons (Fsp3) is 0.647. The Morgan fingerprint density at radius 1 is 1.24 bits per heavy atom. The summed E-state index contributed by atoms with van der Waals surface area (Å²) >= 11 is 6.11. The summed E-state index contributed by atoms with van der Waals surface area (Å²) in [6.45, 7) is 6.36. The lowest BCUT2D eigenvalue weighted by atomic mass is 9.94. The molecule has 1 aromatic carbocycles. The normalized spacial score (nSPS) is 12.5. The molecule has 1 atom stereocenters. The molecule has 3 nitrogen and oxygen atoms in total. The van der Waals surface area contributed by atoms with Crippen LogP contribution in [0.3, 0.4) is 0 Å². The van der Waals surface area contributed by atoms with E-state index in [0.717, 1.165) is 44.0 Å². The van der Waals surface area contributed by atoms with E-state index < -0.39 is 0 Å². The van der Waals surface area contributed by atoms with Gasteiger partial charge in [-0.05, 0) is 49.4 Å². The van der Waals surface area contributed by atoms with E-state index in [-0.39, 0.29) is 0 Å². The molecule has 21 heavy (non-hydrogen) atoms. The molecular weight excluding hydrogens is 286 g/mol. The lowest BCUT2D eigenvalue weighted by Crippen LogP contribution is -2.22. The van der Waals surface area contributed by atoms with Crippen molar-refractivity contribution in [3.8, 4) is 0 Å². The molecule has 0 spiro atoms. The molecule has 0 fully saturated rings. The Labute approximate surface area is 134 Å². The van der Waals surface area contributed by atoms with Crippen molar-refractivity contribution < 1.29 is 9.47 Å². The third-order valence-electron chi connectivity index (χ3n) is 3.41. The van der Waals surface area contributed by atoms with Gasteiger partial charge in [0.1, 0.15) is 0 Å². The van der Waals surface area contributed by atoms with E-state index >= 15 is 0 Å². The van der Waals surface area contributed by atoms with E-state index in [1.807, 2.05) is 12.1 Å². The molecule has 0 aromatic heterocycles. The number of nitrogens with one attached hydrogen (secondary N) is 1. The third kappa shape index (κ3) is 8.42. The van der Waals surface area contributed by atoms with Crippen LogP contribution in [0.5, 0.6) is 0 Å². The molecule has 0 aliphatic heterocycles. The Morgan fingerprint density at radius 2 is 2.10 bits per heavy atom. The van der Waals surface area contributed by atoms with Crippen LogP contribution in [-0.4, -0.2) is 40.0 Å². The first-order valence-electron chi connectivity index (χ1n) is 7.80. The number of ether oxygens (including phenoxy) is 2. The zero-order valence-electron chi connectivity index (χ0n) is 13.2. The molecule has 1 unspecified atom stereocenters. The van der Waals surface area contributed by atoms with E-state index in [1.165, 1.54) is 5.56 Å². The highest BCUT2D eigenvalue weighted by molar-refractivity contribution is 6.30. The van der Waals surface area contributed by atoms with Crippen molar-refractivity contribution >= 4 is 11.6 Å². The van der Waals surface area contributed by atoms with E-state index in [1.54, 1.807) is 7.11 Å². The molecule has 1 rings (SSSR count). The van der Waals surface area contributed by atoms with Gasteiger partial charge in [-0.15, -0.1) is 0 Å². The van der Waals surface area contributed by atoms with Crippen LogP contribution >= 0.6 is 11.6 Å². The summed E-state index contributed by atoms with van der Waals surface area (Å²) in [6.07, 6.45) is 3.31. The summed E-state index contributed by atoms with van der Waals surface area (Å²) in [5, 5.41) is 4.32. The van der Waals surface area contributed by atoms with Crippen molar-refractivity contribution in [1.29, 1.82) is 0 Å². The minimum atomic E-state index is 0.487. The smallest absolute Gasteiger partial charge is 0.0700 e. The highest BCUT2D eigenvalue weighted by Crippen LogP contribution is 2.23. The molecule has 0 aliphatic carbocycles. The van der Waals surface area contributed by atoms with E-state index in [2.05, 4.69) is 24.4 Å². The molecule has 0 radical (unpaired) electrons. The minimum Gasteiger partial charge on any atom is -0.382 e. The fourth-order valence-electron chi connectivity index (χ4n) is 2.28. The second kappa shape index (κ2) is 12.0. The predicted octanol–water partition coefficient (Wildman–Crippen LogP) is 3.87. The molecule has 4 heteroatoms. The van der Waals surface area contributed by atoms with Gasteiger partial charge in [0, 0.05) is 25.3 Å². The van der Waals surface area contributed by atoms with Crippen LogP contribution in [0.2, 0.25) is 5.02 Å². The molecule has 0 saturated carbocycles. The SMILES string of the molecule is CCCNCC(CCCOCCOC)c1cccc(Cl)c1. The topological polar surface area (TPSA) is 30.5 Å².